The second-order valence-corrected chi connectivity index (χ2v) is 7.98. The Morgan fingerprint density at radius 2 is 1.75 bits per heavy atom. The van der Waals surface area contributed by atoms with Crippen LogP contribution < -0.4 is 0 Å². The minimum absolute atomic E-state index is 0.680. The predicted octanol–water partition coefficient (Wildman–Crippen LogP) is 5.54. The molecule has 24 heavy (non-hydrogen) atoms. The molecule has 4 rings (SSSR count). The van der Waals surface area contributed by atoms with E-state index in [1.807, 2.05) is 0 Å². The molecule has 0 N–H and O–H groups in total. The Kier molecular flexibility index (Phi) is 4.65. The van der Waals surface area contributed by atoms with Crippen LogP contribution in [0.5, 0.6) is 0 Å². The van der Waals surface area contributed by atoms with Gasteiger partial charge in [-0.1, -0.05) is 54.1 Å². The van der Waals surface area contributed by atoms with Crippen LogP contribution in [-0.4, -0.2) is 24.0 Å². The molecule has 2 aliphatic rings. The highest BCUT2D eigenvalue weighted by molar-refractivity contribution is 6.30. The summed E-state index contributed by atoms with van der Waals surface area (Å²) < 4.78 is 0. The van der Waals surface area contributed by atoms with Gasteiger partial charge in [-0.3, -0.25) is 0 Å². The standard InChI is InChI=1S/C22H26ClN/c1-24-19-12-14-22(24)20(13-7-16-5-3-2-4-6-16)21(15-19)17-8-10-18(23)11-9-17/h2-6,8-11,19-22H,7,12-15H2,1H3/t19?,20-,21+,22?/m0/s1. The highest BCUT2D eigenvalue weighted by atomic mass is 35.5. The minimum Gasteiger partial charge on any atom is -0.300 e. The van der Waals surface area contributed by atoms with E-state index >= 15 is 0 Å². The van der Waals surface area contributed by atoms with Crippen molar-refractivity contribution in [3.8, 4) is 0 Å². The van der Waals surface area contributed by atoms with E-state index in [4.69, 9.17) is 11.6 Å². The van der Waals surface area contributed by atoms with E-state index in [-0.39, 0.29) is 0 Å². The molecule has 2 aliphatic heterocycles. The van der Waals surface area contributed by atoms with Crippen LogP contribution in [-0.2, 0) is 6.42 Å². The summed E-state index contributed by atoms with van der Waals surface area (Å²) >= 11 is 6.11. The topological polar surface area (TPSA) is 3.24 Å². The summed E-state index contributed by atoms with van der Waals surface area (Å²) in [5.41, 5.74) is 2.96. The van der Waals surface area contributed by atoms with E-state index in [9.17, 15) is 0 Å². The number of nitrogens with zero attached hydrogens (tertiary/aromatic N) is 1. The number of halogens is 1. The van der Waals surface area contributed by atoms with Crippen LogP contribution in [0, 0.1) is 5.92 Å². The fraction of sp³-hybridized carbons (Fsp3) is 0.455. The third kappa shape index (κ3) is 3.12. The molecule has 2 saturated heterocycles. The Balaban J connectivity index is 1.57. The van der Waals surface area contributed by atoms with Crippen molar-refractivity contribution in [3.63, 3.8) is 0 Å². The first-order chi connectivity index (χ1) is 11.7. The van der Waals surface area contributed by atoms with Crippen molar-refractivity contribution in [2.24, 2.45) is 5.92 Å². The van der Waals surface area contributed by atoms with E-state index in [1.165, 1.54) is 43.2 Å². The van der Waals surface area contributed by atoms with Gasteiger partial charge in [-0.25, -0.2) is 0 Å². The SMILES string of the molecule is CN1C2CCC1[C@@H](CCc1ccccc1)[C@@H](c1ccc(Cl)cc1)C2. The van der Waals surface area contributed by atoms with Crippen molar-refractivity contribution >= 4 is 11.6 Å². The predicted molar refractivity (Wildman–Crippen MR) is 102 cm³/mol. The van der Waals surface area contributed by atoms with Crippen LogP contribution in [0.4, 0.5) is 0 Å². The molecule has 0 aromatic heterocycles. The van der Waals surface area contributed by atoms with Crippen LogP contribution >= 0.6 is 11.6 Å². The normalized spacial score (nSPS) is 29.8. The number of rotatable bonds is 4. The molecular weight excluding hydrogens is 314 g/mol. The molecule has 126 valence electrons. The molecule has 2 heterocycles. The van der Waals surface area contributed by atoms with Crippen molar-refractivity contribution in [2.45, 2.75) is 50.1 Å². The Hall–Kier alpha value is -1.31. The molecule has 2 fully saturated rings. The summed E-state index contributed by atoms with van der Waals surface area (Å²) in [4.78, 5) is 2.67. The van der Waals surface area contributed by atoms with Gasteiger partial charge >= 0.3 is 0 Å². The zero-order valence-electron chi connectivity index (χ0n) is 14.4. The Bertz CT molecular complexity index is 666. The first-order valence-corrected chi connectivity index (χ1v) is 9.61. The number of fused-ring (bicyclic) bond motifs is 2. The summed E-state index contributed by atoms with van der Waals surface area (Å²) in [7, 11) is 2.34. The van der Waals surface area contributed by atoms with E-state index < -0.39 is 0 Å². The molecular formula is C22H26ClN. The Morgan fingerprint density at radius 1 is 1.00 bits per heavy atom. The third-order valence-electron chi connectivity index (χ3n) is 6.34. The lowest BCUT2D eigenvalue weighted by molar-refractivity contribution is 0.0947. The summed E-state index contributed by atoms with van der Waals surface area (Å²) in [5.74, 6) is 1.43. The van der Waals surface area contributed by atoms with Gasteiger partial charge in [0.2, 0.25) is 0 Å². The van der Waals surface area contributed by atoms with Gasteiger partial charge in [0.1, 0.15) is 0 Å². The maximum absolute atomic E-state index is 6.11. The third-order valence-corrected chi connectivity index (χ3v) is 6.59. The quantitative estimate of drug-likeness (QED) is 0.707. The van der Waals surface area contributed by atoms with Crippen molar-refractivity contribution in [1.29, 1.82) is 0 Å². The lowest BCUT2D eigenvalue weighted by atomic mass is 9.73. The molecule has 2 heteroatoms. The van der Waals surface area contributed by atoms with Crippen molar-refractivity contribution < 1.29 is 0 Å². The van der Waals surface area contributed by atoms with Gasteiger partial charge in [0, 0.05) is 17.1 Å². The second-order valence-electron chi connectivity index (χ2n) is 7.55. The van der Waals surface area contributed by atoms with Gasteiger partial charge in [-0.2, -0.15) is 0 Å². The molecule has 0 spiro atoms. The van der Waals surface area contributed by atoms with Crippen molar-refractivity contribution in [1.82, 2.24) is 4.90 Å². The number of hydrogen-bond donors (Lipinski definition) is 0. The monoisotopic (exact) mass is 339 g/mol. The summed E-state index contributed by atoms with van der Waals surface area (Å²) in [6.45, 7) is 0. The molecule has 2 aromatic rings. The zero-order chi connectivity index (χ0) is 16.5. The van der Waals surface area contributed by atoms with E-state index in [0.717, 1.165) is 23.0 Å². The number of aryl methyl sites for hydroxylation is 1. The molecule has 4 atom stereocenters. The highest BCUT2D eigenvalue weighted by Crippen LogP contribution is 2.47. The first-order valence-electron chi connectivity index (χ1n) is 9.23. The van der Waals surface area contributed by atoms with Crippen molar-refractivity contribution in [2.75, 3.05) is 7.05 Å². The Labute approximate surface area is 150 Å². The number of benzene rings is 2. The van der Waals surface area contributed by atoms with E-state index in [0.29, 0.717) is 5.92 Å². The van der Waals surface area contributed by atoms with E-state index in [2.05, 4.69) is 66.5 Å². The maximum Gasteiger partial charge on any atom is 0.0406 e. The first kappa shape index (κ1) is 16.2. The maximum atomic E-state index is 6.11. The molecule has 0 radical (unpaired) electrons. The smallest absolute Gasteiger partial charge is 0.0406 e. The van der Waals surface area contributed by atoms with Crippen LogP contribution in [0.3, 0.4) is 0 Å². The fourth-order valence-corrected chi connectivity index (χ4v) is 5.17. The molecule has 0 aliphatic carbocycles. The summed E-state index contributed by atoms with van der Waals surface area (Å²) in [6, 6.07) is 21.1. The second kappa shape index (κ2) is 6.90. The zero-order valence-corrected chi connectivity index (χ0v) is 15.1. The van der Waals surface area contributed by atoms with E-state index in [1.54, 1.807) is 0 Å². The Morgan fingerprint density at radius 3 is 2.50 bits per heavy atom. The molecule has 2 aromatic carbocycles. The van der Waals surface area contributed by atoms with Gasteiger partial charge in [0.25, 0.3) is 0 Å². The number of piperidine rings is 1. The summed E-state index contributed by atoms with van der Waals surface area (Å²) in [5, 5.41) is 0.843. The molecule has 2 bridgehead atoms. The molecule has 0 amide bonds. The lowest BCUT2D eigenvalue weighted by Gasteiger charge is -2.43. The van der Waals surface area contributed by atoms with Crippen molar-refractivity contribution in [3.05, 3.63) is 70.7 Å². The van der Waals surface area contributed by atoms with Crippen LogP contribution in [0.2, 0.25) is 5.02 Å². The average molecular weight is 340 g/mol. The average Bonchev–Trinajstić information content (AvgIpc) is 2.86. The number of hydrogen-bond acceptors (Lipinski definition) is 1. The van der Waals surface area contributed by atoms with Gasteiger partial charge in [-0.15, -0.1) is 0 Å². The van der Waals surface area contributed by atoms with Crippen LogP contribution in [0.1, 0.15) is 42.7 Å². The fourth-order valence-electron chi connectivity index (χ4n) is 5.04. The minimum atomic E-state index is 0.680. The van der Waals surface area contributed by atoms with Crippen LogP contribution in [0.15, 0.2) is 54.6 Å². The lowest BCUT2D eigenvalue weighted by Crippen LogP contribution is -2.45. The highest BCUT2D eigenvalue weighted by Gasteiger charge is 2.45. The van der Waals surface area contributed by atoms with Gasteiger partial charge in [0.05, 0.1) is 0 Å². The van der Waals surface area contributed by atoms with Gasteiger partial charge < -0.3 is 4.90 Å². The molecule has 1 nitrogen and oxygen atoms in total. The van der Waals surface area contributed by atoms with Gasteiger partial charge in [-0.05, 0) is 74.2 Å². The largest absolute Gasteiger partial charge is 0.300 e. The molecule has 2 unspecified atom stereocenters. The summed E-state index contributed by atoms with van der Waals surface area (Å²) in [6.07, 6.45) is 6.50. The van der Waals surface area contributed by atoms with Gasteiger partial charge in [0.15, 0.2) is 0 Å². The van der Waals surface area contributed by atoms with Crippen LogP contribution in [0.25, 0.3) is 0 Å². The molecule has 0 saturated carbocycles.